The topological polar surface area (TPSA) is 37.8 Å². The Labute approximate surface area is 115 Å². The summed E-state index contributed by atoms with van der Waals surface area (Å²) in [5.74, 6) is 0.766. The Bertz CT molecular complexity index is 498. The van der Waals surface area contributed by atoms with E-state index in [0.717, 1.165) is 30.0 Å². The number of nitrogens with one attached hydrogen (secondary N) is 1. The van der Waals surface area contributed by atoms with E-state index in [9.17, 15) is 0 Å². The summed E-state index contributed by atoms with van der Waals surface area (Å²) in [5, 5.41) is 3.35. The van der Waals surface area contributed by atoms with Gasteiger partial charge in [0, 0.05) is 12.1 Å². The van der Waals surface area contributed by atoms with Gasteiger partial charge in [-0.3, -0.25) is 0 Å². The van der Waals surface area contributed by atoms with Gasteiger partial charge in [0.1, 0.15) is 0 Å². The lowest BCUT2D eigenvalue weighted by molar-refractivity contribution is 0.390. The highest BCUT2D eigenvalue weighted by molar-refractivity contribution is 5.55. The maximum absolute atomic E-state index is 4.39. The molecule has 100 valence electrons. The van der Waals surface area contributed by atoms with Crippen LogP contribution in [0.5, 0.6) is 0 Å². The lowest BCUT2D eigenvalue weighted by atomic mass is 9.92. The standard InChI is InChI=1S/C16H21N3/c1-16(2,3)9-10-17-14-11-18-15(19-12-14)13-7-5-4-6-8-13/h4-8,11-12,17H,9-10H2,1-3H3. The monoisotopic (exact) mass is 255 g/mol. The van der Waals surface area contributed by atoms with Crippen molar-refractivity contribution in [2.75, 3.05) is 11.9 Å². The molecule has 2 rings (SSSR count). The van der Waals surface area contributed by atoms with Crippen molar-refractivity contribution in [3.63, 3.8) is 0 Å². The largest absolute Gasteiger partial charge is 0.383 e. The first-order chi connectivity index (χ1) is 9.04. The van der Waals surface area contributed by atoms with Crippen molar-refractivity contribution in [2.24, 2.45) is 5.41 Å². The number of aromatic nitrogens is 2. The van der Waals surface area contributed by atoms with Gasteiger partial charge in [-0.1, -0.05) is 51.1 Å². The normalized spacial score (nSPS) is 11.3. The number of hydrogen-bond acceptors (Lipinski definition) is 3. The molecule has 0 saturated heterocycles. The Hall–Kier alpha value is -1.90. The minimum atomic E-state index is 0.345. The first-order valence-corrected chi connectivity index (χ1v) is 6.66. The summed E-state index contributed by atoms with van der Waals surface area (Å²) in [6.07, 6.45) is 4.81. The number of anilines is 1. The van der Waals surface area contributed by atoms with E-state index in [-0.39, 0.29) is 0 Å². The SMILES string of the molecule is CC(C)(C)CCNc1cnc(-c2ccccc2)nc1. The minimum absolute atomic E-state index is 0.345. The van der Waals surface area contributed by atoms with Gasteiger partial charge in [0.15, 0.2) is 5.82 Å². The maximum Gasteiger partial charge on any atom is 0.159 e. The van der Waals surface area contributed by atoms with Crippen LogP contribution in [-0.2, 0) is 0 Å². The molecule has 1 heterocycles. The fourth-order valence-corrected chi connectivity index (χ4v) is 1.74. The lowest BCUT2D eigenvalue weighted by Crippen LogP contribution is -2.13. The van der Waals surface area contributed by atoms with E-state index in [1.54, 1.807) is 0 Å². The zero-order chi connectivity index (χ0) is 13.7. The third-order valence-corrected chi connectivity index (χ3v) is 2.89. The van der Waals surface area contributed by atoms with Gasteiger partial charge in [0.2, 0.25) is 0 Å². The Morgan fingerprint density at radius 2 is 1.63 bits per heavy atom. The predicted octanol–water partition coefficient (Wildman–Crippen LogP) is 3.99. The van der Waals surface area contributed by atoms with E-state index < -0.39 is 0 Å². The quantitative estimate of drug-likeness (QED) is 0.897. The van der Waals surface area contributed by atoms with Crippen LogP contribution in [0.25, 0.3) is 11.4 Å². The molecule has 3 heteroatoms. The predicted molar refractivity (Wildman–Crippen MR) is 80.0 cm³/mol. The van der Waals surface area contributed by atoms with Gasteiger partial charge in [-0.2, -0.15) is 0 Å². The average Bonchev–Trinajstić information content (AvgIpc) is 2.39. The highest BCUT2D eigenvalue weighted by Gasteiger charge is 2.09. The molecule has 0 atom stereocenters. The van der Waals surface area contributed by atoms with Gasteiger partial charge < -0.3 is 5.32 Å². The Morgan fingerprint density at radius 1 is 1.00 bits per heavy atom. The molecule has 19 heavy (non-hydrogen) atoms. The second-order valence-corrected chi connectivity index (χ2v) is 5.90. The van der Waals surface area contributed by atoms with Gasteiger partial charge in [0.05, 0.1) is 18.1 Å². The van der Waals surface area contributed by atoms with Crippen LogP contribution in [0.15, 0.2) is 42.7 Å². The van der Waals surface area contributed by atoms with E-state index in [0.29, 0.717) is 5.41 Å². The fraction of sp³-hybridized carbons (Fsp3) is 0.375. The van der Waals surface area contributed by atoms with E-state index in [1.807, 2.05) is 42.7 Å². The van der Waals surface area contributed by atoms with E-state index in [1.165, 1.54) is 0 Å². The molecule has 1 N–H and O–H groups in total. The van der Waals surface area contributed by atoms with Crippen LogP contribution in [0.3, 0.4) is 0 Å². The zero-order valence-electron chi connectivity index (χ0n) is 11.9. The van der Waals surface area contributed by atoms with E-state index >= 15 is 0 Å². The minimum Gasteiger partial charge on any atom is -0.383 e. The second-order valence-electron chi connectivity index (χ2n) is 5.90. The van der Waals surface area contributed by atoms with Crippen LogP contribution in [0.4, 0.5) is 5.69 Å². The molecule has 0 spiro atoms. The number of nitrogens with zero attached hydrogens (tertiary/aromatic N) is 2. The molecule has 1 aromatic heterocycles. The van der Waals surface area contributed by atoms with Gasteiger partial charge in [-0.05, 0) is 11.8 Å². The second kappa shape index (κ2) is 5.83. The molecular formula is C16H21N3. The molecule has 0 fully saturated rings. The van der Waals surface area contributed by atoms with Crippen LogP contribution in [0.1, 0.15) is 27.2 Å². The molecule has 3 nitrogen and oxygen atoms in total. The van der Waals surface area contributed by atoms with Crippen molar-refractivity contribution in [1.29, 1.82) is 0 Å². The van der Waals surface area contributed by atoms with Crippen LogP contribution < -0.4 is 5.32 Å². The molecular weight excluding hydrogens is 234 g/mol. The van der Waals surface area contributed by atoms with Crippen LogP contribution >= 0.6 is 0 Å². The Balaban J connectivity index is 1.96. The third kappa shape index (κ3) is 4.36. The van der Waals surface area contributed by atoms with Crippen molar-refractivity contribution in [1.82, 2.24) is 9.97 Å². The van der Waals surface area contributed by atoms with Crippen molar-refractivity contribution in [3.8, 4) is 11.4 Å². The van der Waals surface area contributed by atoms with E-state index in [2.05, 4.69) is 36.1 Å². The fourth-order valence-electron chi connectivity index (χ4n) is 1.74. The van der Waals surface area contributed by atoms with Gasteiger partial charge in [0.25, 0.3) is 0 Å². The molecule has 1 aromatic carbocycles. The zero-order valence-corrected chi connectivity index (χ0v) is 11.9. The third-order valence-electron chi connectivity index (χ3n) is 2.89. The smallest absolute Gasteiger partial charge is 0.159 e. The summed E-state index contributed by atoms with van der Waals surface area (Å²) in [6.45, 7) is 7.66. The highest BCUT2D eigenvalue weighted by Crippen LogP contribution is 2.19. The summed E-state index contributed by atoms with van der Waals surface area (Å²) in [5.41, 5.74) is 2.37. The molecule has 0 unspecified atom stereocenters. The first kappa shape index (κ1) is 13.5. The van der Waals surface area contributed by atoms with Crippen LogP contribution in [0, 0.1) is 5.41 Å². The number of hydrogen-bond donors (Lipinski definition) is 1. The van der Waals surface area contributed by atoms with Gasteiger partial charge in [-0.15, -0.1) is 0 Å². The summed E-state index contributed by atoms with van der Waals surface area (Å²) in [7, 11) is 0. The van der Waals surface area contributed by atoms with Crippen LogP contribution in [-0.4, -0.2) is 16.5 Å². The molecule has 0 saturated carbocycles. The van der Waals surface area contributed by atoms with Crippen molar-refractivity contribution in [2.45, 2.75) is 27.2 Å². The van der Waals surface area contributed by atoms with Gasteiger partial charge >= 0.3 is 0 Å². The highest BCUT2D eigenvalue weighted by atomic mass is 14.9. The molecule has 0 amide bonds. The maximum atomic E-state index is 4.39. The number of rotatable bonds is 4. The molecule has 2 aromatic rings. The summed E-state index contributed by atoms with van der Waals surface area (Å²) >= 11 is 0. The Kier molecular flexibility index (Phi) is 4.15. The van der Waals surface area contributed by atoms with Crippen LogP contribution in [0.2, 0.25) is 0 Å². The van der Waals surface area contributed by atoms with Crippen molar-refractivity contribution >= 4 is 5.69 Å². The summed E-state index contributed by atoms with van der Waals surface area (Å²) in [4.78, 5) is 8.78. The average molecular weight is 255 g/mol. The lowest BCUT2D eigenvalue weighted by Gasteiger charge is -2.18. The van der Waals surface area contributed by atoms with E-state index in [4.69, 9.17) is 0 Å². The molecule has 0 aliphatic rings. The molecule has 0 aliphatic carbocycles. The summed E-state index contributed by atoms with van der Waals surface area (Å²) in [6, 6.07) is 10.0. The first-order valence-electron chi connectivity index (χ1n) is 6.66. The van der Waals surface area contributed by atoms with Gasteiger partial charge in [-0.25, -0.2) is 9.97 Å². The van der Waals surface area contributed by atoms with Crippen molar-refractivity contribution in [3.05, 3.63) is 42.7 Å². The molecule has 0 aliphatic heterocycles. The molecule has 0 radical (unpaired) electrons. The Morgan fingerprint density at radius 3 is 2.21 bits per heavy atom. The van der Waals surface area contributed by atoms with Crippen molar-refractivity contribution < 1.29 is 0 Å². The summed E-state index contributed by atoms with van der Waals surface area (Å²) < 4.78 is 0. The molecule has 0 bridgehead atoms. The number of benzene rings is 1.